The molecule has 13 heteroatoms. The number of fused-ring (bicyclic) bond motifs is 2. The molecule has 2 heterocycles. The second kappa shape index (κ2) is 16.1. The van der Waals surface area contributed by atoms with Crippen molar-refractivity contribution in [3.8, 4) is 23.0 Å². The highest BCUT2D eigenvalue weighted by Crippen LogP contribution is 2.41. The van der Waals surface area contributed by atoms with Gasteiger partial charge in [0.15, 0.2) is 40.4 Å². The van der Waals surface area contributed by atoms with Gasteiger partial charge in [0.25, 0.3) is 0 Å². The lowest BCUT2D eigenvalue weighted by Crippen LogP contribution is -2.13. The van der Waals surface area contributed by atoms with Crippen LogP contribution in [0.5, 0.6) is 23.0 Å². The molecule has 0 saturated carbocycles. The lowest BCUT2D eigenvalue weighted by Gasteiger charge is -2.13. The summed E-state index contributed by atoms with van der Waals surface area (Å²) in [5.74, 6) is -3.61. The topological polar surface area (TPSA) is 146 Å². The maximum atomic E-state index is 15.4. The second-order valence-electron chi connectivity index (χ2n) is 11.2. The van der Waals surface area contributed by atoms with Gasteiger partial charge in [0.05, 0.1) is 49.0 Å². The lowest BCUT2D eigenvalue weighted by atomic mass is 10.0. The number of thiophene rings is 2. The van der Waals surface area contributed by atoms with Crippen molar-refractivity contribution in [2.45, 2.75) is 52.4 Å². The SMILES string of the molecule is COc1cc2sc(C(=O)CC(C)C(=O)O)cc2cc1OCCCCCCOc1c(OC)cc2sc(C(=O)CC(C)C(=O)O)cc2c1F. The fourth-order valence-electron chi connectivity index (χ4n) is 4.83. The first-order valence-corrected chi connectivity index (χ1v) is 16.8. The van der Waals surface area contributed by atoms with Gasteiger partial charge in [-0.2, -0.15) is 0 Å². The third-order valence-electron chi connectivity index (χ3n) is 7.62. The predicted molar refractivity (Wildman–Crippen MR) is 178 cm³/mol. The largest absolute Gasteiger partial charge is 0.493 e. The van der Waals surface area contributed by atoms with Gasteiger partial charge in [0, 0.05) is 39.8 Å². The fraction of sp³-hybridized carbons (Fsp3) is 0.412. The number of ketones is 2. The van der Waals surface area contributed by atoms with Gasteiger partial charge in [-0.1, -0.05) is 13.8 Å². The van der Waals surface area contributed by atoms with Crippen LogP contribution in [0.2, 0.25) is 0 Å². The van der Waals surface area contributed by atoms with Gasteiger partial charge in [0.1, 0.15) is 0 Å². The van der Waals surface area contributed by atoms with E-state index in [-0.39, 0.29) is 52.8 Å². The van der Waals surface area contributed by atoms with Crippen LogP contribution in [0.1, 0.15) is 71.7 Å². The van der Waals surface area contributed by atoms with E-state index in [0.29, 0.717) is 34.1 Å². The fourth-order valence-corrected chi connectivity index (χ4v) is 6.88. The molecule has 2 unspecified atom stereocenters. The summed E-state index contributed by atoms with van der Waals surface area (Å²) in [5.41, 5.74) is 0. The van der Waals surface area contributed by atoms with Gasteiger partial charge < -0.3 is 29.2 Å². The molecule has 0 aliphatic rings. The molecule has 47 heavy (non-hydrogen) atoms. The number of methoxy groups -OCH3 is 2. The van der Waals surface area contributed by atoms with E-state index in [9.17, 15) is 19.2 Å². The molecule has 2 aromatic carbocycles. The molecular formula is C34H37FO10S2. The predicted octanol–water partition coefficient (Wildman–Crippen LogP) is 7.88. The van der Waals surface area contributed by atoms with Crippen molar-refractivity contribution in [3.05, 3.63) is 45.9 Å². The monoisotopic (exact) mass is 688 g/mol. The molecule has 252 valence electrons. The summed E-state index contributed by atoms with van der Waals surface area (Å²) in [4.78, 5) is 48.1. The van der Waals surface area contributed by atoms with E-state index >= 15 is 4.39 Å². The summed E-state index contributed by atoms with van der Waals surface area (Å²) in [6.45, 7) is 3.64. The summed E-state index contributed by atoms with van der Waals surface area (Å²) >= 11 is 2.38. The molecule has 0 fully saturated rings. The molecule has 2 atom stereocenters. The summed E-state index contributed by atoms with van der Waals surface area (Å²) in [5, 5.41) is 19.2. The van der Waals surface area contributed by atoms with Gasteiger partial charge >= 0.3 is 11.9 Å². The standard InChI is InChI=1S/C34H37FO10S2/c1-18(33(38)39)11-22(36)29-14-20-13-25(24(42-3)16-27(20)46-29)44-9-7-5-6-8-10-45-32-26(43-4)17-28-21(31(32)35)15-30(47-28)23(37)12-19(2)34(40)41/h13-19H,5-12H2,1-4H3,(H,38,39)(H,40,41). The van der Waals surface area contributed by atoms with Crippen LogP contribution in [0.15, 0.2) is 30.3 Å². The van der Waals surface area contributed by atoms with E-state index in [1.165, 1.54) is 45.5 Å². The number of Topliss-reactive ketones (excluding diaryl/α,β-unsaturated/α-hetero) is 2. The molecule has 0 bridgehead atoms. The van der Waals surface area contributed by atoms with Crippen molar-refractivity contribution in [3.63, 3.8) is 0 Å². The molecule has 4 rings (SSSR count). The van der Waals surface area contributed by atoms with Crippen LogP contribution in [0, 0.1) is 17.7 Å². The number of carboxylic acid groups (broad SMARTS) is 2. The van der Waals surface area contributed by atoms with Crippen molar-refractivity contribution in [2.75, 3.05) is 27.4 Å². The highest BCUT2D eigenvalue weighted by molar-refractivity contribution is 7.21. The molecule has 0 aliphatic heterocycles. The van der Waals surface area contributed by atoms with Gasteiger partial charge in [-0.05, 0) is 49.3 Å². The first kappa shape index (κ1) is 35.6. The minimum atomic E-state index is -1.07. The molecule has 0 spiro atoms. The van der Waals surface area contributed by atoms with E-state index in [2.05, 4.69) is 0 Å². The van der Waals surface area contributed by atoms with Crippen LogP contribution in [-0.2, 0) is 9.59 Å². The molecule has 2 aromatic heterocycles. The molecule has 0 radical (unpaired) electrons. The number of rotatable bonds is 19. The molecule has 4 aromatic rings. The van der Waals surface area contributed by atoms with Gasteiger partial charge in [-0.3, -0.25) is 19.2 Å². The van der Waals surface area contributed by atoms with Gasteiger partial charge in [-0.25, -0.2) is 4.39 Å². The summed E-state index contributed by atoms with van der Waals surface area (Å²) in [6, 6.07) is 8.43. The Morgan fingerprint density at radius 1 is 0.702 bits per heavy atom. The third kappa shape index (κ3) is 8.77. The van der Waals surface area contributed by atoms with Crippen LogP contribution in [0.25, 0.3) is 20.2 Å². The third-order valence-corrected chi connectivity index (χ3v) is 9.89. The Labute approximate surface area is 279 Å². The van der Waals surface area contributed by atoms with Gasteiger partial charge in [-0.15, -0.1) is 22.7 Å². The summed E-state index contributed by atoms with van der Waals surface area (Å²) in [7, 11) is 2.95. The maximum Gasteiger partial charge on any atom is 0.306 e. The number of carbonyl (C=O) groups is 4. The van der Waals surface area contributed by atoms with Crippen molar-refractivity contribution in [1.82, 2.24) is 0 Å². The van der Waals surface area contributed by atoms with E-state index in [4.69, 9.17) is 29.2 Å². The quantitative estimate of drug-likeness (QED) is 0.0737. The van der Waals surface area contributed by atoms with Crippen molar-refractivity contribution < 1.29 is 52.7 Å². The first-order valence-electron chi connectivity index (χ1n) is 15.1. The summed E-state index contributed by atoms with van der Waals surface area (Å²) < 4.78 is 39.4. The van der Waals surface area contributed by atoms with Crippen LogP contribution >= 0.6 is 22.7 Å². The minimum absolute atomic E-state index is 0.0313. The average molecular weight is 689 g/mol. The molecule has 0 saturated heterocycles. The maximum absolute atomic E-state index is 15.4. The highest BCUT2D eigenvalue weighted by atomic mass is 32.1. The minimum Gasteiger partial charge on any atom is -0.493 e. The van der Waals surface area contributed by atoms with Crippen molar-refractivity contribution in [1.29, 1.82) is 0 Å². The number of halogens is 1. The Kier molecular flexibility index (Phi) is 12.2. The Bertz CT molecular complexity index is 1780. The zero-order valence-electron chi connectivity index (χ0n) is 26.6. The smallest absolute Gasteiger partial charge is 0.306 e. The van der Waals surface area contributed by atoms with Crippen molar-refractivity contribution in [2.24, 2.45) is 11.8 Å². The van der Waals surface area contributed by atoms with E-state index < -0.39 is 29.6 Å². The zero-order valence-corrected chi connectivity index (χ0v) is 28.2. The molecule has 2 N–H and O–H groups in total. The number of hydrogen-bond donors (Lipinski definition) is 2. The molecule has 0 amide bonds. The van der Waals surface area contributed by atoms with Crippen LogP contribution in [-0.4, -0.2) is 61.2 Å². The molecule has 10 nitrogen and oxygen atoms in total. The Morgan fingerprint density at radius 3 is 1.81 bits per heavy atom. The number of unbranched alkanes of at least 4 members (excludes halogenated alkanes) is 3. The normalized spacial score (nSPS) is 12.5. The van der Waals surface area contributed by atoms with E-state index in [0.717, 1.165) is 40.7 Å². The Hall–Kier alpha value is -4.23. The Balaban J connectivity index is 1.27. The van der Waals surface area contributed by atoms with Crippen LogP contribution in [0.3, 0.4) is 0 Å². The average Bonchev–Trinajstić information content (AvgIpc) is 3.67. The lowest BCUT2D eigenvalue weighted by molar-refractivity contribution is -0.141. The second-order valence-corrected chi connectivity index (χ2v) is 13.4. The summed E-state index contributed by atoms with van der Waals surface area (Å²) in [6.07, 6.45) is 2.79. The number of carboxylic acids is 2. The van der Waals surface area contributed by atoms with Gasteiger partial charge in [0.2, 0.25) is 0 Å². The zero-order chi connectivity index (χ0) is 34.2. The number of ether oxygens (including phenoxy) is 4. The van der Waals surface area contributed by atoms with Crippen LogP contribution < -0.4 is 18.9 Å². The van der Waals surface area contributed by atoms with Crippen molar-refractivity contribution >= 4 is 66.4 Å². The number of carbonyl (C=O) groups excluding carboxylic acids is 2. The molecular weight excluding hydrogens is 651 g/mol. The Morgan fingerprint density at radius 2 is 1.23 bits per heavy atom. The van der Waals surface area contributed by atoms with E-state index in [1.807, 2.05) is 12.1 Å². The number of hydrogen-bond acceptors (Lipinski definition) is 10. The molecule has 0 aliphatic carbocycles. The number of benzene rings is 2. The first-order chi connectivity index (χ1) is 22.4. The van der Waals surface area contributed by atoms with E-state index in [1.54, 1.807) is 12.1 Å². The van der Waals surface area contributed by atoms with Crippen LogP contribution in [0.4, 0.5) is 4.39 Å². The number of aliphatic carboxylic acids is 2. The highest BCUT2D eigenvalue weighted by Gasteiger charge is 2.23.